The minimum absolute atomic E-state index is 0.382. The van der Waals surface area contributed by atoms with E-state index in [0.717, 1.165) is 24.2 Å². The van der Waals surface area contributed by atoms with Crippen molar-refractivity contribution < 1.29 is 14.0 Å². The molecular formula is C17H23BN2O3. The Morgan fingerprint density at radius 1 is 1.09 bits per heavy atom. The van der Waals surface area contributed by atoms with E-state index in [1.807, 2.05) is 45.9 Å². The van der Waals surface area contributed by atoms with Crippen LogP contribution in [0.4, 0.5) is 5.69 Å². The van der Waals surface area contributed by atoms with Gasteiger partial charge in [-0.15, -0.1) is 0 Å². The summed E-state index contributed by atoms with van der Waals surface area (Å²) >= 11 is 0. The predicted molar refractivity (Wildman–Crippen MR) is 89.9 cm³/mol. The van der Waals surface area contributed by atoms with Crippen molar-refractivity contribution in [2.24, 2.45) is 0 Å². The Morgan fingerprint density at radius 2 is 1.70 bits per heavy atom. The van der Waals surface area contributed by atoms with Crippen molar-refractivity contribution in [1.29, 1.82) is 5.26 Å². The highest BCUT2D eigenvalue weighted by atomic mass is 16.7. The molecule has 0 spiro atoms. The Morgan fingerprint density at radius 3 is 2.26 bits per heavy atom. The summed E-state index contributed by atoms with van der Waals surface area (Å²) in [6.07, 6.45) is 0. The van der Waals surface area contributed by atoms with Crippen molar-refractivity contribution in [1.82, 2.24) is 0 Å². The van der Waals surface area contributed by atoms with E-state index in [9.17, 15) is 5.26 Å². The quantitative estimate of drug-likeness (QED) is 0.778. The average molecular weight is 314 g/mol. The number of rotatable bonds is 2. The van der Waals surface area contributed by atoms with Crippen molar-refractivity contribution in [3.8, 4) is 6.07 Å². The Labute approximate surface area is 138 Å². The van der Waals surface area contributed by atoms with Gasteiger partial charge in [0.05, 0.1) is 35.7 Å². The van der Waals surface area contributed by atoms with Gasteiger partial charge in [0.1, 0.15) is 6.07 Å². The molecule has 0 radical (unpaired) electrons. The van der Waals surface area contributed by atoms with Crippen LogP contribution in [0.3, 0.4) is 0 Å². The summed E-state index contributed by atoms with van der Waals surface area (Å²) < 4.78 is 17.5. The molecule has 2 saturated heterocycles. The van der Waals surface area contributed by atoms with Crippen LogP contribution in [0.1, 0.15) is 33.3 Å². The Balaban J connectivity index is 1.87. The Kier molecular flexibility index (Phi) is 4.13. The molecule has 0 unspecified atom stereocenters. The van der Waals surface area contributed by atoms with Gasteiger partial charge >= 0.3 is 7.12 Å². The van der Waals surface area contributed by atoms with Gasteiger partial charge in [-0.25, -0.2) is 0 Å². The monoisotopic (exact) mass is 314 g/mol. The third kappa shape index (κ3) is 2.97. The van der Waals surface area contributed by atoms with Crippen molar-refractivity contribution >= 4 is 18.3 Å². The summed E-state index contributed by atoms with van der Waals surface area (Å²) in [6, 6.07) is 8.17. The summed E-state index contributed by atoms with van der Waals surface area (Å²) in [7, 11) is -0.439. The maximum Gasteiger partial charge on any atom is 0.494 e. The van der Waals surface area contributed by atoms with E-state index in [-0.39, 0.29) is 11.2 Å². The van der Waals surface area contributed by atoms with Gasteiger partial charge in [0.2, 0.25) is 0 Å². The number of ether oxygens (including phenoxy) is 1. The lowest BCUT2D eigenvalue weighted by molar-refractivity contribution is 0.00578. The van der Waals surface area contributed by atoms with Crippen molar-refractivity contribution in [2.45, 2.75) is 38.9 Å². The van der Waals surface area contributed by atoms with Crippen LogP contribution in [0.2, 0.25) is 0 Å². The molecule has 0 aromatic heterocycles. The van der Waals surface area contributed by atoms with Gasteiger partial charge in [0, 0.05) is 13.1 Å². The Bertz CT molecular complexity index is 617. The van der Waals surface area contributed by atoms with Crippen molar-refractivity contribution in [2.75, 3.05) is 31.2 Å². The Hall–Kier alpha value is -1.55. The number of morpholine rings is 1. The van der Waals surface area contributed by atoms with E-state index in [2.05, 4.69) is 11.0 Å². The molecule has 0 N–H and O–H groups in total. The van der Waals surface area contributed by atoms with E-state index >= 15 is 0 Å². The maximum atomic E-state index is 9.53. The van der Waals surface area contributed by atoms with Gasteiger partial charge in [0.15, 0.2) is 0 Å². The SMILES string of the molecule is CC1(C)OB(c2ccc(N3CCOCC3)c(C#N)c2)OC1(C)C. The smallest absolute Gasteiger partial charge is 0.399 e. The van der Waals surface area contributed by atoms with Crippen LogP contribution in [0, 0.1) is 11.3 Å². The second-order valence-corrected chi connectivity index (χ2v) is 7.08. The fraction of sp³-hybridized carbons (Fsp3) is 0.588. The number of anilines is 1. The molecule has 0 atom stereocenters. The molecule has 122 valence electrons. The van der Waals surface area contributed by atoms with Crippen LogP contribution < -0.4 is 10.4 Å². The zero-order valence-corrected chi connectivity index (χ0v) is 14.3. The van der Waals surface area contributed by atoms with Crippen LogP contribution in [0.15, 0.2) is 18.2 Å². The molecule has 3 rings (SSSR count). The van der Waals surface area contributed by atoms with Crippen molar-refractivity contribution in [3.63, 3.8) is 0 Å². The molecule has 23 heavy (non-hydrogen) atoms. The van der Waals surface area contributed by atoms with Crippen LogP contribution in [0.5, 0.6) is 0 Å². The highest BCUT2D eigenvalue weighted by Crippen LogP contribution is 2.36. The summed E-state index contributed by atoms with van der Waals surface area (Å²) in [5.74, 6) is 0. The number of hydrogen-bond acceptors (Lipinski definition) is 5. The molecule has 1 aromatic rings. The second-order valence-electron chi connectivity index (χ2n) is 7.08. The van der Waals surface area contributed by atoms with Gasteiger partial charge in [-0.3, -0.25) is 0 Å². The number of nitrogens with zero attached hydrogens (tertiary/aromatic N) is 2. The molecule has 2 fully saturated rings. The van der Waals surface area contributed by atoms with Crippen LogP contribution in [0.25, 0.3) is 0 Å². The molecule has 2 aliphatic rings. The van der Waals surface area contributed by atoms with Crippen LogP contribution >= 0.6 is 0 Å². The van der Waals surface area contributed by atoms with E-state index in [1.165, 1.54) is 0 Å². The minimum Gasteiger partial charge on any atom is -0.399 e. The summed E-state index contributed by atoms with van der Waals surface area (Å²) in [6.45, 7) is 11.1. The standard InChI is InChI=1S/C17H23BN2O3/c1-16(2)17(3,4)23-18(22-16)14-5-6-15(13(11-14)12-19)20-7-9-21-10-8-20/h5-6,11H,7-10H2,1-4H3. The van der Waals surface area contributed by atoms with Gasteiger partial charge < -0.3 is 18.9 Å². The molecule has 5 nitrogen and oxygen atoms in total. The van der Waals surface area contributed by atoms with Crippen molar-refractivity contribution in [3.05, 3.63) is 23.8 Å². The van der Waals surface area contributed by atoms with Crippen LogP contribution in [-0.2, 0) is 14.0 Å². The zero-order valence-electron chi connectivity index (χ0n) is 14.3. The molecule has 0 saturated carbocycles. The predicted octanol–water partition coefficient (Wildman–Crippen LogP) is 1.69. The second kappa shape index (κ2) is 5.83. The molecule has 1 aromatic carbocycles. The molecule has 2 heterocycles. The molecule has 2 aliphatic heterocycles. The van der Waals surface area contributed by atoms with Gasteiger partial charge in [0.25, 0.3) is 0 Å². The number of nitriles is 1. The van der Waals surface area contributed by atoms with Gasteiger partial charge in [-0.2, -0.15) is 5.26 Å². The zero-order chi connectivity index (χ0) is 16.7. The fourth-order valence-corrected chi connectivity index (χ4v) is 2.85. The number of benzene rings is 1. The molecule has 0 aliphatic carbocycles. The van der Waals surface area contributed by atoms with E-state index < -0.39 is 7.12 Å². The van der Waals surface area contributed by atoms with Gasteiger partial charge in [-0.1, -0.05) is 6.07 Å². The lowest BCUT2D eigenvalue weighted by atomic mass is 9.78. The first kappa shape index (κ1) is 16.3. The first-order chi connectivity index (χ1) is 10.8. The first-order valence-corrected chi connectivity index (χ1v) is 8.06. The highest BCUT2D eigenvalue weighted by Gasteiger charge is 2.51. The third-order valence-electron chi connectivity index (χ3n) is 5.02. The molecule has 0 amide bonds. The van der Waals surface area contributed by atoms with Crippen LogP contribution in [-0.4, -0.2) is 44.6 Å². The maximum absolute atomic E-state index is 9.53. The van der Waals surface area contributed by atoms with Gasteiger partial charge in [-0.05, 0) is 45.3 Å². The summed E-state index contributed by atoms with van der Waals surface area (Å²) in [5.41, 5.74) is 1.73. The minimum atomic E-state index is -0.439. The molecular weight excluding hydrogens is 291 g/mol. The summed E-state index contributed by atoms with van der Waals surface area (Å²) in [5, 5.41) is 9.53. The van der Waals surface area contributed by atoms with E-state index in [0.29, 0.717) is 18.8 Å². The van der Waals surface area contributed by atoms with E-state index in [4.69, 9.17) is 14.0 Å². The van der Waals surface area contributed by atoms with E-state index in [1.54, 1.807) is 0 Å². The molecule has 0 bridgehead atoms. The largest absolute Gasteiger partial charge is 0.494 e. The third-order valence-corrected chi connectivity index (χ3v) is 5.02. The fourth-order valence-electron chi connectivity index (χ4n) is 2.85. The first-order valence-electron chi connectivity index (χ1n) is 8.06. The topological polar surface area (TPSA) is 54.7 Å². The number of hydrogen-bond donors (Lipinski definition) is 0. The lowest BCUT2D eigenvalue weighted by Gasteiger charge is -2.32. The highest BCUT2D eigenvalue weighted by molar-refractivity contribution is 6.62. The molecule has 6 heteroatoms. The average Bonchev–Trinajstić information content (AvgIpc) is 2.75. The normalized spacial score (nSPS) is 22.9. The lowest BCUT2D eigenvalue weighted by Crippen LogP contribution is -2.41. The summed E-state index contributed by atoms with van der Waals surface area (Å²) in [4.78, 5) is 2.19.